The zero-order valence-electron chi connectivity index (χ0n) is 12.2. The Balaban J connectivity index is 2.60. The predicted octanol–water partition coefficient (Wildman–Crippen LogP) is 1.67. The van der Waals surface area contributed by atoms with E-state index in [9.17, 15) is 9.59 Å². The molecular weight excluding hydrogens is 304 g/mol. The molecule has 0 saturated carbocycles. The van der Waals surface area contributed by atoms with Gasteiger partial charge >= 0.3 is 0 Å². The largest absolute Gasteiger partial charge is 0.354 e. The smallest absolute Gasteiger partial charge is 0.234 e. The van der Waals surface area contributed by atoms with Gasteiger partial charge in [0.15, 0.2) is 5.78 Å². The molecule has 0 aliphatic rings. The van der Waals surface area contributed by atoms with Crippen molar-refractivity contribution in [3.8, 4) is 0 Å². The Morgan fingerprint density at radius 3 is 2.33 bits per heavy atom. The number of carbonyl (C=O) groups excluding carboxylic acids is 2. The van der Waals surface area contributed by atoms with Gasteiger partial charge in [-0.3, -0.25) is 14.5 Å². The molecule has 116 valence electrons. The summed E-state index contributed by atoms with van der Waals surface area (Å²) in [4.78, 5) is 25.0. The van der Waals surface area contributed by atoms with E-state index in [0.717, 1.165) is 12.1 Å². The first-order valence-electron chi connectivity index (χ1n) is 6.87. The second kappa shape index (κ2) is 9.87. The fourth-order valence-corrected chi connectivity index (χ4v) is 2.31. The number of nitrogens with one attached hydrogen (secondary N) is 1. The third-order valence-electron chi connectivity index (χ3n) is 2.98. The Morgan fingerprint density at radius 1 is 1.14 bits per heavy atom. The summed E-state index contributed by atoms with van der Waals surface area (Å²) in [5, 5.41) is 2.80. The molecular formula is C15H22N2O2S2. The van der Waals surface area contributed by atoms with Gasteiger partial charge in [-0.15, -0.1) is 0 Å². The Kier molecular flexibility index (Phi) is 8.49. The van der Waals surface area contributed by atoms with Crippen LogP contribution in [0.4, 0.5) is 0 Å². The number of carbonyl (C=O) groups is 2. The zero-order chi connectivity index (χ0) is 15.7. The van der Waals surface area contributed by atoms with Crippen molar-refractivity contribution in [2.24, 2.45) is 0 Å². The van der Waals surface area contributed by atoms with E-state index in [-0.39, 0.29) is 11.7 Å². The van der Waals surface area contributed by atoms with Crippen molar-refractivity contribution < 1.29 is 9.59 Å². The second-order valence-corrected chi connectivity index (χ2v) is 5.66. The molecule has 1 rings (SSSR count). The summed E-state index contributed by atoms with van der Waals surface area (Å²) in [6.45, 7) is 3.85. The molecule has 0 aromatic heterocycles. The maximum atomic E-state index is 11.8. The molecule has 1 aromatic rings. The number of Topliss-reactive ketones (excluding diaryl/α,β-unsaturated/α-hetero) is 1. The molecule has 6 heteroatoms. The Labute approximate surface area is 137 Å². The van der Waals surface area contributed by atoms with Crippen LogP contribution in [0.1, 0.15) is 22.8 Å². The summed E-state index contributed by atoms with van der Waals surface area (Å²) in [7, 11) is 0. The lowest BCUT2D eigenvalue weighted by Crippen LogP contribution is -2.38. The number of hydrogen-bond acceptors (Lipinski definition) is 5. The maximum absolute atomic E-state index is 11.8. The van der Waals surface area contributed by atoms with Crippen molar-refractivity contribution in [2.45, 2.75) is 13.5 Å². The second-order valence-electron chi connectivity index (χ2n) is 4.76. The van der Waals surface area contributed by atoms with Crippen LogP contribution in [-0.4, -0.2) is 47.7 Å². The lowest BCUT2D eigenvalue weighted by atomic mass is 10.1. The Bertz CT molecular complexity index is 463. The van der Waals surface area contributed by atoms with E-state index < -0.39 is 0 Å². The van der Waals surface area contributed by atoms with E-state index in [1.165, 1.54) is 0 Å². The number of hydrogen-bond donors (Lipinski definition) is 3. The standard InChI is InChI=1S/C15H22N2O2S2/c1-12(18)14-4-2-13(3-5-14)10-17(7-9-21)11-15(19)16-6-8-20/h2-5,20-21H,6-11H2,1H3,(H,16,19). The Hall–Kier alpha value is -0.980. The van der Waals surface area contributed by atoms with Gasteiger partial charge in [0, 0.05) is 36.7 Å². The van der Waals surface area contributed by atoms with E-state index in [1.54, 1.807) is 6.92 Å². The summed E-state index contributed by atoms with van der Waals surface area (Å²) in [6, 6.07) is 7.48. The van der Waals surface area contributed by atoms with Gasteiger partial charge in [-0.1, -0.05) is 24.3 Å². The number of rotatable bonds is 9. The van der Waals surface area contributed by atoms with Crippen LogP contribution >= 0.6 is 25.3 Å². The van der Waals surface area contributed by atoms with E-state index in [4.69, 9.17) is 0 Å². The maximum Gasteiger partial charge on any atom is 0.234 e. The third kappa shape index (κ3) is 7.02. The van der Waals surface area contributed by atoms with E-state index in [2.05, 4.69) is 30.6 Å². The van der Waals surface area contributed by atoms with Crippen molar-refractivity contribution in [3.63, 3.8) is 0 Å². The first kappa shape index (κ1) is 18.1. The first-order valence-corrected chi connectivity index (χ1v) is 8.14. The topological polar surface area (TPSA) is 49.4 Å². The van der Waals surface area contributed by atoms with Crippen LogP contribution < -0.4 is 5.32 Å². The average Bonchev–Trinajstić information content (AvgIpc) is 2.46. The molecule has 0 aliphatic heterocycles. The SMILES string of the molecule is CC(=O)c1ccc(CN(CCS)CC(=O)NCCS)cc1. The average molecular weight is 326 g/mol. The van der Waals surface area contributed by atoms with Gasteiger partial charge in [0.05, 0.1) is 6.54 Å². The monoisotopic (exact) mass is 326 g/mol. The summed E-state index contributed by atoms with van der Waals surface area (Å²) in [5.41, 5.74) is 1.77. The van der Waals surface area contributed by atoms with Gasteiger partial charge in [-0.25, -0.2) is 0 Å². The molecule has 1 amide bonds. The highest BCUT2D eigenvalue weighted by Gasteiger charge is 2.10. The molecule has 0 fully saturated rings. The van der Waals surface area contributed by atoms with Gasteiger partial charge < -0.3 is 5.32 Å². The molecule has 0 unspecified atom stereocenters. The minimum Gasteiger partial charge on any atom is -0.354 e. The normalized spacial score (nSPS) is 10.7. The lowest BCUT2D eigenvalue weighted by molar-refractivity contribution is -0.122. The quantitative estimate of drug-likeness (QED) is 0.478. The summed E-state index contributed by atoms with van der Waals surface area (Å²) in [5.74, 6) is 1.36. The molecule has 4 nitrogen and oxygen atoms in total. The highest BCUT2D eigenvalue weighted by molar-refractivity contribution is 7.80. The van der Waals surface area contributed by atoms with E-state index in [0.29, 0.717) is 36.7 Å². The van der Waals surface area contributed by atoms with Crippen LogP contribution in [0.2, 0.25) is 0 Å². The fourth-order valence-electron chi connectivity index (χ4n) is 1.91. The first-order chi connectivity index (χ1) is 10.1. The van der Waals surface area contributed by atoms with Crippen LogP contribution in [0.15, 0.2) is 24.3 Å². The van der Waals surface area contributed by atoms with Crippen LogP contribution in [0, 0.1) is 0 Å². The molecule has 0 heterocycles. The van der Waals surface area contributed by atoms with Gasteiger partial charge in [-0.05, 0) is 12.5 Å². The Morgan fingerprint density at radius 2 is 1.81 bits per heavy atom. The van der Waals surface area contributed by atoms with Crippen LogP contribution in [0.3, 0.4) is 0 Å². The van der Waals surface area contributed by atoms with Gasteiger partial charge in [0.2, 0.25) is 5.91 Å². The molecule has 1 aromatic carbocycles. The van der Waals surface area contributed by atoms with E-state index in [1.807, 2.05) is 29.2 Å². The van der Waals surface area contributed by atoms with Crippen molar-refractivity contribution in [2.75, 3.05) is 31.1 Å². The summed E-state index contributed by atoms with van der Waals surface area (Å²) >= 11 is 8.30. The molecule has 0 radical (unpaired) electrons. The van der Waals surface area contributed by atoms with Gasteiger partial charge in [0.25, 0.3) is 0 Å². The number of benzene rings is 1. The van der Waals surface area contributed by atoms with Crippen molar-refractivity contribution in [1.82, 2.24) is 10.2 Å². The highest BCUT2D eigenvalue weighted by atomic mass is 32.1. The fraction of sp³-hybridized carbons (Fsp3) is 0.467. The van der Waals surface area contributed by atoms with Crippen LogP contribution in [0.5, 0.6) is 0 Å². The lowest BCUT2D eigenvalue weighted by Gasteiger charge is -2.21. The molecule has 0 bridgehead atoms. The zero-order valence-corrected chi connectivity index (χ0v) is 14.0. The van der Waals surface area contributed by atoms with Crippen LogP contribution in [-0.2, 0) is 11.3 Å². The predicted molar refractivity (Wildman–Crippen MR) is 92.4 cm³/mol. The molecule has 0 spiro atoms. The minimum absolute atomic E-state index is 0.00816. The number of nitrogens with zero attached hydrogens (tertiary/aromatic N) is 1. The van der Waals surface area contributed by atoms with Crippen LogP contribution in [0.25, 0.3) is 0 Å². The molecule has 0 aliphatic carbocycles. The molecule has 0 saturated heterocycles. The molecule has 21 heavy (non-hydrogen) atoms. The number of thiol groups is 2. The summed E-state index contributed by atoms with van der Waals surface area (Å²) in [6.07, 6.45) is 0. The highest BCUT2D eigenvalue weighted by Crippen LogP contribution is 2.08. The van der Waals surface area contributed by atoms with Crippen molar-refractivity contribution in [1.29, 1.82) is 0 Å². The van der Waals surface area contributed by atoms with Crippen molar-refractivity contribution in [3.05, 3.63) is 35.4 Å². The summed E-state index contributed by atoms with van der Waals surface area (Å²) < 4.78 is 0. The van der Waals surface area contributed by atoms with Gasteiger partial charge in [0.1, 0.15) is 0 Å². The molecule has 0 atom stereocenters. The minimum atomic E-state index is -0.00816. The van der Waals surface area contributed by atoms with E-state index >= 15 is 0 Å². The number of amides is 1. The van der Waals surface area contributed by atoms with Crippen molar-refractivity contribution >= 4 is 36.9 Å². The third-order valence-corrected chi connectivity index (χ3v) is 3.41. The molecule has 1 N–H and O–H groups in total. The number of ketones is 1. The van der Waals surface area contributed by atoms with Gasteiger partial charge in [-0.2, -0.15) is 25.3 Å².